The van der Waals surface area contributed by atoms with E-state index in [-0.39, 0.29) is 40.8 Å². The average Bonchev–Trinajstić information content (AvgIpc) is 2.98. The summed E-state index contributed by atoms with van der Waals surface area (Å²) in [6, 6.07) is 0. The first-order valence-corrected chi connectivity index (χ1v) is 10.0. The molecule has 4 rings (SSSR count). The molecule has 0 saturated heterocycles. The van der Waals surface area contributed by atoms with E-state index in [1.54, 1.807) is 6.08 Å². The molecule has 4 aliphatic rings. The lowest BCUT2D eigenvalue weighted by Crippen LogP contribution is -2.63. The van der Waals surface area contributed by atoms with Crippen molar-refractivity contribution in [2.45, 2.75) is 64.4 Å². The number of allylic oxidation sites excluding steroid dienone is 2. The monoisotopic (exact) mass is 372 g/mol. The Morgan fingerprint density at radius 3 is 2.78 bits per heavy atom. The molecule has 146 valence electrons. The first kappa shape index (κ1) is 18.6. The van der Waals surface area contributed by atoms with Gasteiger partial charge in [0.15, 0.2) is 18.2 Å². The molecule has 0 aliphatic heterocycles. The van der Waals surface area contributed by atoms with Crippen LogP contribution in [-0.2, 0) is 19.1 Å². The van der Waals surface area contributed by atoms with Crippen molar-refractivity contribution in [3.63, 3.8) is 0 Å². The third kappa shape index (κ3) is 2.43. The second-order valence-corrected chi connectivity index (χ2v) is 9.25. The van der Waals surface area contributed by atoms with E-state index in [0.717, 1.165) is 36.8 Å². The highest BCUT2D eigenvalue weighted by Crippen LogP contribution is 2.67. The van der Waals surface area contributed by atoms with E-state index in [9.17, 15) is 19.5 Å². The van der Waals surface area contributed by atoms with Crippen LogP contribution in [0.5, 0.6) is 0 Å². The number of fused-ring (bicyclic) bond motifs is 5. The highest BCUT2D eigenvalue weighted by molar-refractivity contribution is 5.98. The highest BCUT2D eigenvalue weighted by atomic mass is 16.5. The molecule has 2 fully saturated rings. The number of carbonyl (C=O) groups is 3. The minimum Gasteiger partial charge on any atom is -0.460 e. The van der Waals surface area contributed by atoms with Crippen molar-refractivity contribution in [1.29, 1.82) is 0 Å². The SMILES string of the molecule is C[C@]12CCC(=O)C=C1CC[C@H]1[C@@H]3CC=C(C(=O)COC=O)[C@@]3(C)CC[C@@]12O. The van der Waals surface area contributed by atoms with Crippen LogP contribution in [0.4, 0.5) is 0 Å². The molecule has 0 unspecified atom stereocenters. The summed E-state index contributed by atoms with van der Waals surface area (Å²) in [5.41, 5.74) is 0.429. The van der Waals surface area contributed by atoms with Gasteiger partial charge in [-0.3, -0.25) is 14.4 Å². The summed E-state index contributed by atoms with van der Waals surface area (Å²) in [6.07, 6.45) is 8.84. The topological polar surface area (TPSA) is 80.7 Å². The number of hydrogen-bond donors (Lipinski definition) is 1. The van der Waals surface area contributed by atoms with Gasteiger partial charge in [-0.2, -0.15) is 0 Å². The minimum absolute atomic E-state index is 0.111. The van der Waals surface area contributed by atoms with Crippen LogP contribution < -0.4 is 0 Å². The van der Waals surface area contributed by atoms with Crippen molar-refractivity contribution in [3.8, 4) is 0 Å². The Hall–Kier alpha value is -1.75. The second kappa shape index (κ2) is 6.13. The Morgan fingerprint density at radius 2 is 2.04 bits per heavy atom. The Morgan fingerprint density at radius 1 is 1.26 bits per heavy atom. The van der Waals surface area contributed by atoms with Crippen molar-refractivity contribution >= 4 is 18.0 Å². The number of ketones is 2. The van der Waals surface area contributed by atoms with Crippen molar-refractivity contribution in [1.82, 2.24) is 0 Å². The fourth-order valence-corrected chi connectivity index (χ4v) is 6.69. The number of ether oxygens (including phenoxy) is 1. The number of aliphatic hydroxyl groups is 1. The number of carbonyl (C=O) groups excluding carboxylic acids is 3. The average molecular weight is 372 g/mol. The molecule has 0 amide bonds. The van der Waals surface area contributed by atoms with Gasteiger partial charge in [0, 0.05) is 17.4 Å². The molecule has 0 aromatic heterocycles. The number of Topliss-reactive ketones (excluding diaryl/α,β-unsaturated/α-hetero) is 1. The van der Waals surface area contributed by atoms with E-state index in [2.05, 4.69) is 13.8 Å². The third-order valence-electron chi connectivity index (χ3n) is 8.31. The zero-order valence-electron chi connectivity index (χ0n) is 16.1. The minimum atomic E-state index is -0.826. The zero-order chi connectivity index (χ0) is 19.4. The maximum atomic E-state index is 12.6. The van der Waals surface area contributed by atoms with Gasteiger partial charge in [0.25, 0.3) is 6.47 Å². The Bertz CT molecular complexity index is 765. The Balaban J connectivity index is 1.65. The molecule has 4 aliphatic carbocycles. The predicted molar refractivity (Wildman–Crippen MR) is 98.7 cm³/mol. The van der Waals surface area contributed by atoms with Gasteiger partial charge in [0.05, 0.1) is 5.60 Å². The van der Waals surface area contributed by atoms with E-state index in [4.69, 9.17) is 4.74 Å². The van der Waals surface area contributed by atoms with Crippen LogP contribution in [0.15, 0.2) is 23.3 Å². The first-order valence-electron chi connectivity index (χ1n) is 10.0. The molecular formula is C22H28O5. The molecule has 0 radical (unpaired) electrons. The Kier molecular flexibility index (Phi) is 4.22. The lowest BCUT2D eigenvalue weighted by molar-refractivity contribution is -0.185. The van der Waals surface area contributed by atoms with Gasteiger partial charge in [0.2, 0.25) is 0 Å². The summed E-state index contributed by atoms with van der Waals surface area (Å²) >= 11 is 0. The van der Waals surface area contributed by atoms with Crippen molar-refractivity contribution in [3.05, 3.63) is 23.3 Å². The van der Waals surface area contributed by atoms with Crippen LogP contribution >= 0.6 is 0 Å². The molecule has 5 heteroatoms. The lowest BCUT2D eigenvalue weighted by atomic mass is 9.44. The fourth-order valence-electron chi connectivity index (χ4n) is 6.69. The molecule has 0 spiro atoms. The van der Waals surface area contributed by atoms with E-state index in [1.165, 1.54) is 0 Å². The van der Waals surface area contributed by atoms with Crippen LogP contribution in [0, 0.1) is 22.7 Å². The molecule has 0 aromatic carbocycles. The van der Waals surface area contributed by atoms with Gasteiger partial charge >= 0.3 is 0 Å². The van der Waals surface area contributed by atoms with E-state index < -0.39 is 5.60 Å². The summed E-state index contributed by atoms with van der Waals surface area (Å²) in [6.45, 7) is 4.37. The van der Waals surface area contributed by atoms with Gasteiger partial charge in [0.1, 0.15) is 0 Å². The second-order valence-electron chi connectivity index (χ2n) is 9.25. The summed E-state index contributed by atoms with van der Waals surface area (Å²) in [5, 5.41) is 11.9. The van der Waals surface area contributed by atoms with Crippen molar-refractivity contribution < 1.29 is 24.2 Å². The number of rotatable bonds is 4. The molecule has 0 bridgehead atoms. The summed E-state index contributed by atoms with van der Waals surface area (Å²) in [5.74, 6) is 0.377. The van der Waals surface area contributed by atoms with Crippen LogP contribution in [0.1, 0.15) is 58.8 Å². The van der Waals surface area contributed by atoms with E-state index in [1.807, 2.05) is 6.08 Å². The Labute approximate surface area is 159 Å². The van der Waals surface area contributed by atoms with Gasteiger partial charge in [-0.15, -0.1) is 0 Å². The smallest absolute Gasteiger partial charge is 0.293 e. The zero-order valence-corrected chi connectivity index (χ0v) is 16.1. The molecule has 5 nitrogen and oxygen atoms in total. The normalized spacial score (nSPS) is 43.0. The lowest BCUT2D eigenvalue weighted by Gasteiger charge is -2.62. The van der Waals surface area contributed by atoms with Gasteiger partial charge in [-0.05, 0) is 61.9 Å². The standard InChI is InChI=1S/C22H28O5/c1-20-9-10-22(26)17(4-3-14-11-15(24)7-8-21(14,22)2)16(20)5-6-18(20)19(25)12-27-13-23/h6,11,13,16-17,26H,3-5,7-10,12H2,1-2H3/t16-,17-,20-,21-,22+/m0/s1. The first-order chi connectivity index (χ1) is 12.8. The number of hydrogen-bond acceptors (Lipinski definition) is 5. The maximum Gasteiger partial charge on any atom is 0.293 e. The molecule has 0 heterocycles. The van der Waals surface area contributed by atoms with Crippen LogP contribution in [-0.4, -0.2) is 35.4 Å². The highest BCUT2D eigenvalue weighted by Gasteiger charge is 2.64. The molecule has 1 N–H and O–H groups in total. The van der Waals surface area contributed by atoms with Crippen molar-refractivity contribution in [2.75, 3.05) is 6.61 Å². The molecule has 0 aromatic rings. The van der Waals surface area contributed by atoms with Crippen LogP contribution in [0.25, 0.3) is 0 Å². The quantitative estimate of drug-likeness (QED) is 0.768. The van der Waals surface area contributed by atoms with Gasteiger partial charge in [-0.25, -0.2) is 0 Å². The predicted octanol–water partition coefficient (Wildman–Crippen LogP) is 2.91. The largest absolute Gasteiger partial charge is 0.460 e. The molecule has 2 saturated carbocycles. The van der Waals surface area contributed by atoms with E-state index >= 15 is 0 Å². The van der Waals surface area contributed by atoms with Crippen molar-refractivity contribution in [2.24, 2.45) is 22.7 Å². The summed E-state index contributed by atoms with van der Waals surface area (Å²) < 4.78 is 4.70. The maximum absolute atomic E-state index is 12.6. The van der Waals surface area contributed by atoms with Gasteiger partial charge < -0.3 is 9.84 Å². The van der Waals surface area contributed by atoms with Crippen LogP contribution in [0.3, 0.4) is 0 Å². The van der Waals surface area contributed by atoms with Crippen LogP contribution in [0.2, 0.25) is 0 Å². The molecular weight excluding hydrogens is 344 g/mol. The molecule has 27 heavy (non-hydrogen) atoms. The summed E-state index contributed by atoms with van der Waals surface area (Å²) in [7, 11) is 0. The molecule has 5 atom stereocenters. The fraction of sp³-hybridized carbons (Fsp3) is 0.682. The van der Waals surface area contributed by atoms with Gasteiger partial charge in [-0.1, -0.05) is 25.5 Å². The summed E-state index contributed by atoms with van der Waals surface area (Å²) in [4.78, 5) is 34.9. The third-order valence-corrected chi connectivity index (χ3v) is 8.31. The van der Waals surface area contributed by atoms with E-state index in [0.29, 0.717) is 25.7 Å².